The molecular weight excluding hydrogens is 322 g/mol. The molecule has 0 bridgehead atoms. The zero-order valence-corrected chi connectivity index (χ0v) is 15.8. The van der Waals surface area contributed by atoms with Crippen LogP contribution in [0.3, 0.4) is 0 Å². The molecule has 2 aromatic carbocycles. The van der Waals surface area contributed by atoms with Gasteiger partial charge in [-0.05, 0) is 30.9 Å². The maximum absolute atomic E-state index is 11.6. The monoisotopic (exact) mass is 351 g/mol. The molecule has 2 atom stereocenters. The fourth-order valence-corrected chi connectivity index (χ4v) is 3.11. The maximum Gasteiger partial charge on any atom is 0.302 e. The smallest absolute Gasteiger partial charge is 0.302 e. The fourth-order valence-electron chi connectivity index (χ4n) is 3.11. The van der Waals surface area contributed by atoms with Crippen molar-refractivity contribution in [1.29, 1.82) is 0 Å². The van der Waals surface area contributed by atoms with Crippen molar-refractivity contribution in [2.24, 2.45) is 0 Å². The second kappa shape index (κ2) is 10.6. The summed E-state index contributed by atoms with van der Waals surface area (Å²) in [5.41, 5.74) is 2.50. The van der Waals surface area contributed by atoms with Gasteiger partial charge in [-0.2, -0.15) is 0 Å². The number of hydrogen-bond acceptors (Lipinski definition) is 3. The SMILES string of the molecule is C=CCC[C@H](OC(C)=O)[C@H](C)N(Cc1ccccc1)Cc1ccccc1. The van der Waals surface area contributed by atoms with E-state index in [0.29, 0.717) is 0 Å². The quantitative estimate of drug-likeness (QED) is 0.447. The Morgan fingerprint density at radius 2 is 1.54 bits per heavy atom. The molecule has 2 aromatic rings. The number of benzene rings is 2. The van der Waals surface area contributed by atoms with E-state index in [9.17, 15) is 4.79 Å². The van der Waals surface area contributed by atoms with Gasteiger partial charge in [0.25, 0.3) is 0 Å². The molecule has 0 radical (unpaired) electrons. The van der Waals surface area contributed by atoms with Gasteiger partial charge in [0.05, 0.1) is 0 Å². The van der Waals surface area contributed by atoms with Crippen molar-refractivity contribution in [3.8, 4) is 0 Å². The van der Waals surface area contributed by atoms with Crippen LogP contribution in [0.25, 0.3) is 0 Å². The molecule has 0 aliphatic heterocycles. The molecule has 3 nitrogen and oxygen atoms in total. The van der Waals surface area contributed by atoms with Crippen LogP contribution in [-0.4, -0.2) is 23.0 Å². The lowest BCUT2D eigenvalue weighted by Gasteiger charge is -2.34. The Kier molecular flexibility index (Phi) is 8.10. The summed E-state index contributed by atoms with van der Waals surface area (Å²) >= 11 is 0. The molecule has 2 rings (SSSR count). The molecule has 0 saturated heterocycles. The van der Waals surface area contributed by atoms with Crippen LogP contribution in [0, 0.1) is 0 Å². The Bertz CT molecular complexity index is 628. The number of rotatable bonds is 10. The number of allylic oxidation sites excluding steroid dienone is 1. The van der Waals surface area contributed by atoms with Gasteiger partial charge >= 0.3 is 5.97 Å². The first-order chi connectivity index (χ1) is 12.6. The molecule has 0 aliphatic rings. The van der Waals surface area contributed by atoms with Gasteiger partial charge in [0.1, 0.15) is 6.10 Å². The molecule has 0 unspecified atom stereocenters. The molecule has 3 heteroatoms. The molecule has 0 aromatic heterocycles. The molecule has 0 saturated carbocycles. The third-order valence-electron chi connectivity index (χ3n) is 4.54. The van der Waals surface area contributed by atoms with Gasteiger partial charge in [-0.1, -0.05) is 66.7 Å². The molecule has 0 spiro atoms. The summed E-state index contributed by atoms with van der Waals surface area (Å²) in [6.45, 7) is 9.03. The van der Waals surface area contributed by atoms with E-state index in [4.69, 9.17) is 4.74 Å². The lowest BCUT2D eigenvalue weighted by atomic mass is 10.0. The maximum atomic E-state index is 11.6. The highest BCUT2D eigenvalue weighted by atomic mass is 16.5. The van der Waals surface area contributed by atoms with Crippen molar-refractivity contribution in [1.82, 2.24) is 4.90 Å². The second-order valence-corrected chi connectivity index (χ2v) is 6.63. The van der Waals surface area contributed by atoms with E-state index in [1.807, 2.05) is 18.2 Å². The van der Waals surface area contributed by atoms with Crippen LogP contribution < -0.4 is 0 Å². The molecular formula is C23H29NO2. The van der Waals surface area contributed by atoms with Crippen LogP contribution >= 0.6 is 0 Å². The molecule has 0 fully saturated rings. The molecule has 0 N–H and O–H groups in total. The number of ether oxygens (including phenoxy) is 1. The van der Waals surface area contributed by atoms with E-state index in [0.717, 1.165) is 25.9 Å². The van der Waals surface area contributed by atoms with Gasteiger partial charge in [-0.15, -0.1) is 6.58 Å². The van der Waals surface area contributed by atoms with Crippen molar-refractivity contribution in [2.45, 2.75) is 51.9 Å². The minimum Gasteiger partial charge on any atom is -0.461 e. The first-order valence-electron chi connectivity index (χ1n) is 9.20. The van der Waals surface area contributed by atoms with Gasteiger partial charge < -0.3 is 4.74 Å². The standard InChI is InChI=1S/C23H29NO2/c1-4-5-16-23(26-20(3)25)19(2)24(17-21-12-8-6-9-13-21)18-22-14-10-7-11-15-22/h4,6-15,19,23H,1,5,16-18H2,2-3H3/t19-,23-/m0/s1. The minimum atomic E-state index is -0.231. The van der Waals surface area contributed by atoms with Crippen molar-refractivity contribution < 1.29 is 9.53 Å². The van der Waals surface area contributed by atoms with Crippen molar-refractivity contribution in [3.05, 3.63) is 84.4 Å². The summed E-state index contributed by atoms with van der Waals surface area (Å²) in [5.74, 6) is -0.231. The Morgan fingerprint density at radius 3 is 1.96 bits per heavy atom. The topological polar surface area (TPSA) is 29.5 Å². The second-order valence-electron chi connectivity index (χ2n) is 6.63. The van der Waals surface area contributed by atoms with E-state index in [1.54, 1.807) is 0 Å². The first kappa shape index (κ1) is 19.9. The van der Waals surface area contributed by atoms with Gasteiger partial charge in [0.15, 0.2) is 0 Å². The average molecular weight is 351 g/mol. The van der Waals surface area contributed by atoms with Crippen LogP contribution in [0.4, 0.5) is 0 Å². The van der Waals surface area contributed by atoms with E-state index >= 15 is 0 Å². The minimum absolute atomic E-state index is 0.0965. The molecule has 26 heavy (non-hydrogen) atoms. The van der Waals surface area contributed by atoms with E-state index in [1.165, 1.54) is 18.1 Å². The molecule has 0 heterocycles. The normalized spacial score (nSPS) is 13.2. The zero-order chi connectivity index (χ0) is 18.8. The Labute approximate surface area is 157 Å². The van der Waals surface area contributed by atoms with Crippen LogP contribution in [0.2, 0.25) is 0 Å². The van der Waals surface area contributed by atoms with E-state index in [-0.39, 0.29) is 18.1 Å². The van der Waals surface area contributed by atoms with Gasteiger partial charge in [-0.25, -0.2) is 0 Å². The predicted molar refractivity (Wildman–Crippen MR) is 107 cm³/mol. The Balaban J connectivity index is 2.20. The summed E-state index contributed by atoms with van der Waals surface area (Å²) in [5, 5.41) is 0. The lowest BCUT2D eigenvalue weighted by molar-refractivity contribution is -0.150. The van der Waals surface area contributed by atoms with Crippen molar-refractivity contribution in [2.75, 3.05) is 0 Å². The first-order valence-corrected chi connectivity index (χ1v) is 9.20. The summed E-state index contributed by atoms with van der Waals surface area (Å²) in [4.78, 5) is 14.0. The van der Waals surface area contributed by atoms with Crippen molar-refractivity contribution >= 4 is 5.97 Å². The third kappa shape index (κ3) is 6.49. The number of nitrogens with zero attached hydrogens (tertiary/aromatic N) is 1. The lowest BCUT2D eigenvalue weighted by Crippen LogP contribution is -2.42. The van der Waals surface area contributed by atoms with E-state index < -0.39 is 0 Å². The van der Waals surface area contributed by atoms with Gasteiger partial charge in [0, 0.05) is 26.1 Å². The highest BCUT2D eigenvalue weighted by Gasteiger charge is 2.26. The predicted octanol–water partition coefficient (Wildman–Crippen LogP) is 4.98. The summed E-state index contributed by atoms with van der Waals surface area (Å²) < 4.78 is 5.64. The van der Waals surface area contributed by atoms with Gasteiger partial charge in [-0.3, -0.25) is 9.69 Å². The van der Waals surface area contributed by atoms with Crippen LogP contribution in [0.5, 0.6) is 0 Å². The zero-order valence-electron chi connectivity index (χ0n) is 15.8. The number of carbonyl (C=O) groups excluding carboxylic acids is 1. The molecule has 138 valence electrons. The average Bonchev–Trinajstić information content (AvgIpc) is 2.65. The number of esters is 1. The van der Waals surface area contributed by atoms with Crippen LogP contribution in [0.1, 0.15) is 37.8 Å². The van der Waals surface area contributed by atoms with Crippen molar-refractivity contribution in [3.63, 3.8) is 0 Å². The van der Waals surface area contributed by atoms with Crippen LogP contribution in [0.15, 0.2) is 73.3 Å². The highest BCUT2D eigenvalue weighted by Crippen LogP contribution is 2.20. The van der Waals surface area contributed by atoms with E-state index in [2.05, 4.69) is 66.9 Å². The molecule has 0 aliphatic carbocycles. The number of carbonyl (C=O) groups is 1. The third-order valence-corrected chi connectivity index (χ3v) is 4.54. The summed E-state index contributed by atoms with van der Waals surface area (Å²) in [7, 11) is 0. The Morgan fingerprint density at radius 1 is 1.04 bits per heavy atom. The summed E-state index contributed by atoms with van der Waals surface area (Å²) in [6, 6.07) is 20.9. The van der Waals surface area contributed by atoms with Crippen LogP contribution in [-0.2, 0) is 22.6 Å². The Hall–Kier alpha value is -2.39. The highest BCUT2D eigenvalue weighted by molar-refractivity contribution is 5.66. The van der Waals surface area contributed by atoms with Gasteiger partial charge in [0.2, 0.25) is 0 Å². The largest absolute Gasteiger partial charge is 0.461 e. The fraction of sp³-hybridized carbons (Fsp3) is 0.348. The summed E-state index contributed by atoms with van der Waals surface area (Å²) in [6.07, 6.45) is 3.33. The number of hydrogen-bond donors (Lipinski definition) is 0. The molecule has 0 amide bonds.